The highest BCUT2D eigenvalue weighted by Crippen LogP contribution is 2.63. The maximum atomic E-state index is 15.2. The Kier molecular flexibility index (Phi) is 17.4. The van der Waals surface area contributed by atoms with E-state index >= 15 is 13.2 Å². The van der Waals surface area contributed by atoms with Gasteiger partial charge in [-0.05, 0) is 260 Å². The summed E-state index contributed by atoms with van der Waals surface area (Å²) in [7, 11) is 0. The summed E-state index contributed by atoms with van der Waals surface area (Å²) in [6.07, 6.45) is 26.1. The van der Waals surface area contributed by atoms with Crippen LogP contribution in [-0.4, -0.2) is 140 Å². The molecule has 3 saturated heterocycles. The van der Waals surface area contributed by atoms with Gasteiger partial charge in [-0.3, -0.25) is 14.4 Å². The second-order valence-electron chi connectivity index (χ2n) is 34.2. The van der Waals surface area contributed by atoms with Crippen molar-refractivity contribution in [2.45, 2.75) is 215 Å². The normalized spacial score (nSPS) is 35.9. The molecule has 99 heavy (non-hydrogen) atoms. The van der Waals surface area contributed by atoms with Gasteiger partial charge in [-0.15, -0.1) is 11.8 Å². The van der Waals surface area contributed by atoms with Crippen LogP contribution in [0.15, 0.2) is 36.4 Å². The van der Waals surface area contributed by atoms with Gasteiger partial charge in [0.25, 0.3) is 23.6 Å². The van der Waals surface area contributed by atoms with Gasteiger partial charge in [0.1, 0.15) is 59.0 Å². The second kappa shape index (κ2) is 25.6. The summed E-state index contributed by atoms with van der Waals surface area (Å²) in [6, 6.07) is 4.68. The average molecular weight is 1400 g/mol. The second-order valence-corrected chi connectivity index (χ2v) is 35.2. The number of thioether (sulfide) groups is 1. The fourth-order valence-corrected chi connectivity index (χ4v) is 23.8. The van der Waals surface area contributed by atoms with Crippen molar-refractivity contribution in [1.82, 2.24) is 14.7 Å². The Balaban J connectivity index is 0.000000116. The quantitative estimate of drug-likeness (QED) is 0.102. The number of amides is 3. The summed E-state index contributed by atoms with van der Waals surface area (Å²) in [5.41, 5.74) is 2.49. The fourth-order valence-electron chi connectivity index (χ4n) is 22.6. The number of likely N-dealkylation sites (tertiary alicyclic amines) is 2. The Labute approximate surface area is 577 Å². The Hall–Kier alpha value is -6.19. The molecular formula is C77H91F6N3O12S. The SMILES string of the molecule is O=C(O)[C@@H]1CC(F)(F)CN1C(=O)c1cc(C2CC2)c(OCC23CC4CC(CC(C4)C2)C3)cc1F.O=C(O)[C@@H]1C[C@@H](F)CN1C(=O)c1cc(C2CC2)c(OCC23CC4CC(CC(C4)C2)C3)cc1F.O=C(O)[C@H]1CSCN1C(=O)c1cc(C2CC2)c(OCC23CC4CC(CC(C4)C2)C3)cc1F. The number of carbonyl (C=O) groups is 6. The van der Waals surface area contributed by atoms with Crippen molar-refractivity contribution in [3.8, 4) is 17.2 Å². The zero-order valence-electron chi connectivity index (χ0n) is 56.1. The number of benzene rings is 3. The molecule has 12 bridgehead atoms. The number of nitrogens with zero attached hydrogens (tertiary/aromatic N) is 3. The van der Waals surface area contributed by atoms with E-state index in [1.807, 2.05) is 0 Å². The first-order chi connectivity index (χ1) is 47.3. The molecule has 3 N–H and O–H groups in total. The van der Waals surface area contributed by atoms with Gasteiger partial charge in [0.05, 0.1) is 55.5 Å². The molecule has 3 heterocycles. The molecule has 0 unspecified atom stereocenters. The third-order valence-electron chi connectivity index (χ3n) is 26.2. The van der Waals surface area contributed by atoms with E-state index in [-0.39, 0.29) is 63.6 Å². The van der Waals surface area contributed by atoms with E-state index in [4.69, 9.17) is 14.2 Å². The number of hydrogen-bond acceptors (Lipinski definition) is 10. The van der Waals surface area contributed by atoms with E-state index in [1.54, 1.807) is 6.07 Å². The number of alkyl halides is 3. The predicted molar refractivity (Wildman–Crippen MR) is 352 cm³/mol. The molecule has 0 radical (unpaired) electrons. The summed E-state index contributed by atoms with van der Waals surface area (Å²) >= 11 is 1.39. The van der Waals surface area contributed by atoms with E-state index in [0.717, 1.165) is 133 Å². The van der Waals surface area contributed by atoms with E-state index < -0.39 is 96.3 Å². The molecule has 0 aromatic heterocycles. The van der Waals surface area contributed by atoms with Crippen LogP contribution in [-0.2, 0) is 14.4 Å². The lowest BCUT2D eigenvalue weighted by Gasteiger charge is -2.56. The molecule has 18 fully saturated rings. The minimum atomic E-state index is -3.31. The molecular weight excluding hydrogens is 1300 g/mol. The number of carbonyl (C=O) groups excluding carboxylic acids is 3. The van der Waals surface area contributed by atoms with Gasteiger partial charge in [-0.1, -0.05) is 0 Å². The zero-order chi connectivity index (χ0) is 68.8. The molecule has 15 nitrogen and oxygen atoms in total. The van der Waals surface area contributed by atoms with Crippen LogP contribution in [0.1, 0.15) is 232 Å². The molecule has 3 aliphatic heterocycles. The molecule has 22 heteroatoms. The Morgan fingerprint density at radius 1 is 0.424 bits per heavy atom. The van der Waals surface area contributed by atoms with Crippen molar-refractivity contribution in [3.05, 3.63) is 87.2 Å². The van der Waals surface area contributed by atoms with Gasteiger partial charge < -0.3 is 44.2 Å². The summed E-state index contributed by atoms with van der Waals surface area (Å²) in [4.78, 5) is 76.4. The smallest absolute Gasteiger partial charge is 0.327 e. The predicted octanol–water partition coefficient (Wildman–Crippen LogP) is 15.1. The Bertz CT molecular complexity index is 3640. The number of carboxylic acid groups (broad SMARTS) is 3. The minimum absolute atomic E-state index is 0.0252. The third-order valence-corrected chi connectivity index (χ3v) is 27.2. The summed E-state index contributed by atoms with van der Waals surface area (Å²) < 4.78 is 106. The van der Waals surface area contributed by atoms with Gasteiger partial charge in [0, 0.05) is 53.0 Å². The lowest BCUT2D eigenvalue weighted by molar-refractivity contribution is -0.142. The maximum absolute atomic E-state index is 15.2. The van der Waals surface area contributed by atoms with Crippen LogP contribution in [0.25, 0.3) is 0 Å². The Morgan fingerprint density at radius 2 is 0.737 bits per heavy atom. The van der Waals surface area contributed by atoms with Crippen LogP contribution in [0.4, 0.5) is 26.3 Å². The van der Waals surface area contributed by atoms with Crippen LogP contribution < -0.4 is 14.2 Å². The highest BCUT2D eigenvalue weighted by atomic mass is 32.2. The third kappa shape index (κ3) is 13.5. The fraction of sp³-hybridized carbons (Fsp3) is 0.688. The van der Waals surface area contributed by atoms with Crippen LogP contribution in [0.2, 0.25) is 0 Å². The van der Waals surface area contributed by atoms with Gasteiger partial charge in [0.15, 0.2) is 0 Å². The van der Waals surface area contributed by atoms with Crippen molar-refractivity contribution in [3.63, 3.8) is 0 Å². The lowest BCUT2D eigenvalue weighted by atomic mass is 9.50. The number of ether oxygens (including phenoxy) is 3. The van der Waals surface area contributed by atoms with Crippen LogP contribution >= 0.6 is 11.8 Å². The number of rotatable bonds is 18. The first-order valence-corrected chi connectivity index (χ1v) is 38.1. The monoisotopic (exact) mass is 1400 g/mol. The molecule has 3 aromatic carbocycles. The standard InChI is InChI=1S/C26H30F3NO4.C26H31F2NO4.C25H30FNO4S/c27-20-7-22(34-13-25-8-14-3-15(9-25)5-16(4-14)10-25)18(17-1-2-17)6-19(20)23(31)30-12-26(28,29)11-21(30)24(32)33;27-18-6-22(25(31)32)29(12-18)24(30)20-7-19(17-1-2-17)23(8-21(20)28)33-13-26-9-14-3-15(10-26)5-16(4-14)11-26;26-20-7-22(31-12-25-8-14-3-15(9-25)5-16(4-14)10-25)18(17-1-2-17)6-19(20)23(28)27-13-32-11-21(27)24(29)30/h6-7,14-17,21H,1-5,8-13H2,(H,32,33);7-8,14-18,22H,1-6,9-13H2,(H,31,32);6-7,14-17,21H,1-5,8-13H2,(H,29,30)/t14?,15?,16?,21-,25?;14?,15?,16?,18-,22+,26?;14?,15?,16?,21-,25?/m011/s1. The van der Waals surface area contributed by atoms with Gasteiger partial charge in [-0.25, -0.2) is 40.7 Å². The molecule has 534 valence electrons. The van der Waals surface area contributed by atoms with Gasteiger partial charge in [-0.2, -0.15) is 0 Å². The number of carboxylic acids is 3. The highest BCUT2D eigenvalue weighted by Gasteiger charge is 2.56. The maximum Gasteiger partial charge on any atom is 0.327 e. The van der Waals surface area contributed by atoms with E-state index in [2.05, 4.69) is 0 Å². The first-order valence-electron chi connectivity index (χ1n) is 36.9. The summed E-state index contributed by atoms with van der Waals surface area (Å²) in [5, 5.41) is 28.1. The molecule has 3 amide bonds. The topological polar surface area (TPSA) is 201 Å². The summed E-state index contributed by atoms with van der Waals surface area (Å²) in [5.74, 6) is -1.52. The average Bonchev–Trinajstić information content (AvgIpc) is 1.63. The van der Waals surface area contributed by atoms with Crippen molar-refractivity contribution < 1.29 is 84.6 Å². The molecule has 15 saturated carbocycles. The highest BCUT2D eigenvalue weighted by molar-refractivity contribution is 7.99. The number of halogens is 6. The Morgan fingerprint density at radius 3 is 1.05 bits per heavy atom. The molecule has 0 spiro atoms. The van der Waals surface area contributed by atoms with Crippen molar-refractivity contribution in [2.75, 3.05) is 44.5 Å². The van der Waals surface area contributed by atoms with Crippen LogP contribution in [0.5, 0.6) is 17.2 Å². The van der Waals surface area contributed by atoms with E-state index in [0.29, 0.717) is 53.6 Å². The van der Waals surface area contributed by atoms with Crippen molar-refractivity contribution >= 4 is 47.4 Å². The summed E-state index contributed by atoms with van der Waals surface area (Å²) in [6.45, 7) is 0.443. The molecule has 18 aliphatic rings. The van der Waals surface area contributed by atoms with E-state index in [9.17, 15) is 57.3 Å². The molecule has 21 rings (SSSR count). The number of hydrogen-bond donors (Lipinski definition) is 3. The first kappa shape index (κ1) is 67.3. The lowest BCUT2D eigenvalue weighted by Crippen LogP contribution is -2.48. The van der Waals surface area contributed by atoms with Gasteiger partial charge in [0.2, 0.25) is 0 Å². The molecule has 3 aromatic rings. The minimum Gasteiger partial charge on any atom is -0.493 e. The number of aliphatic carboxylic acids is 3. The van der Waals surface area contributed by atoms with Crippen LogP contribution in [0, 0.1) is 87.0 Å². The molecule has 4 atom stereocenters. The zero-order valence-corrected chi connectivity index (χ0v) is 56.9. The van der Waals surface area contributed by atoms with E-state index in [1.165, 1.54) is 143 Å². The largest absolute Gasteiger partial charge is 0.493 e. The van der Waals surface area contributed by atoms with Crippen molar-refractivity contribution in [2.24, 2.45) is 69.5 Å². The molecule has 15 aliphatic carbocycles. The van der Waals surface area contributed by atoms with Gasteiger partial charge >= 0.3 is 17.9 Å². The van der Waals surface area contributed by atoms with Crippen molar-refractivity contribution in [1.29, 1.82) is 0 Å². The van der Waals surface area contributed by atoms with Crippen LogP contribution in [0.3, 0.4) is 0 Å².